The molecule has 1 aromatic rings. The van der Waals surface area contributed by atoms with Gasteiger partial charge in [0.2, 0.25) is 0 Å². The van der Waals surface area contributed by atoms with Crippen LogP contribution in [-0.2, 0) is 6.18 Å². The Morgan fingerprint density at radius 2 is 1.86 bits per heavy atom. The van der Waals surface area contributed by atoms with Gasteiger partial charge >= 0.3 is 6.18 Å². The van der Waals surface area contributed by atoms with Crippen molar-refractivity contribution in [1.29, 1.82) is 0 Å². The van der Waals surface area contributed by atoms with E-state index in [-0.39, 0.29) is 10.8 Å². The van der Waals surface area contributed by atoms with Gasteiger partial charge in [0.1, 0.15) is 0 Å². The topological polar surface area (TPSA) is 50.9 Å². The number of nitrogens with zero attached hydrogens (tertiary/aromatic N) is 1. The SMILES string of the molecule is NNc1nc(C(F)(F)F)c(Cl)cc1Cl. The smallest absolute Gasteiger partial charge is 0.307 e. The third-order valence-electron chi connectivity index (χ3n) is 1.33. The van der Waals surface area contributed by atoms with Crippen LogP contribution in [-0.4, -0.2) is 4.98 Å². The first kappa shape index (κ1) is 11.4. The Bertz CT molecular complexity index is 353. The average Bonchev–Trinajstić information content (AvgIpc) is 2.02. The highest BCUT2D eigenvalue weighted by atomic mass is 35.5. The highest BCUT2D eigenvalue weighted by Crippen LogP contribution is 2.36. The van der Waals surface area contributed by atoms with E-state index in [1.165, 1.54) is 0 Å². The standard InChI is InChI=1S/C6H4Cl2F3N3/c7-2-1-3(8)5(14-12)13-4(2)6(9,10)11/h1H,12H2,(H,13,14). The van der Waals surface area contributed by atoms with E-state index < -0.39 is 16.9 Å². The molecule has 0 amide bonds. The minimum atomic E-state index is -4.63. The van der Waals surface area contributed by atoms with Crippen LogP contribution >= 0.6 is 23.2 Å². The van der Waals surface area contributed by atoms with Crippen LogP contribution in [0.2, 0.25) is 10.0 Å². The minimum Gasteiger partial charge on any atom is -0.307 e. The third-order valence-corrected chi connectivity index (χ3v) is 1.91. The second kappa shape index (κ2) is 3.80. The summed E-state index contributed by atoms with van der Waals surface area (Å²) in [6, 6.07) is 0.925. The zero-order valence-corrected chi connectivity index (χ0v) is 8.00. The van der Waals surface area contributed by atoms with Gasteiger partial charge in [0, 0.05) is 0 Å². The molecule has 78 valence electrons. The molecule has 0 aliphatic rings. The monoisotopic (exact) mass is 245 g/mol. The van der Waals surface area contributed by atoms with Crippen molar-refractivity contribution in [2.45, 2.75) is 6.18 Å². The van der Waals surface area contributed by atoms with E-state index in [9.17, 15) is 13.2 Å². The van der Waals surface area contributed by atoms with Gasteiger partial charge in [-0.15, -0.1) is 0 Å². The van der Waals surface area contributed by atoms with Crippen molar-refractivity contribution in [1.82, 2.24) is 4.98 Å². The normalized spacial score (nSPS) is 11.6. The fraction of sp³-hybridized carbons (Fsp3) is 0.167. The Kier molecular flexibility index (Phi) is 3.08. The number of aromatic nitrogens is 1. The number of nitrogens with two attached hydrogens (primary N) is 1. The number of halogens is 5. The van der Waals surface area contributed by atoms with Gasteiger partial charge in [0.05, 0.1) is 10.0 Å². The Morgan fingerprint density at radius 3 is 2.29 bits per heavy atom. The van der Waals surface area contributed by atoms with Crippen LogP contribution in [0.15, 0.2) is 6.07 Å². The molecule has 0 atom stereocenters. The lowest BCUT2D eigenvalue weighted by Crippen LogP contribution is -2.14. The molecule has 14 heavy (non-hydrogen) atoms. The average molecular weight is 246 g/mol. The van der Waals surface area contributed by atoms with Crippen LogP contribution in [0.5, 0.6) is 0 Å². The van der Waals surface area contributed by atoms with E-state index in [0.29, 0.717) is 0 Å². The molecule has 1 heterocycles. The Labute approximate surface area is 87.0 Å². The molecule has 1 aromatic heterocycles. The summed E-state index contributed by atoms with van der Waals surface area (Å²) >= 11 is 10.8. The summed E-state index contributed by atoms with van der Waals surface area (Å²) in [6.45, 7) is 0. The van der Waals surface area contributed by atoms with Crippen LogP contribution in [0.3, 0.4) is 0 Å². The van der Waals surface area contributed by atoms with Gasteiger partial charge in [0.15, 0.2) is 11.5 Å². The largest absolute Gasteiger partial charge is 0.434 e. The van der Waals surface area contributed by atoms with E-state index in [1.807, 2.05) is 5.43 Å². The minimum absolute atomic E-state index is 0.0782. The van der Waals surface area contributed by atoms with E-state index in [1.54, 1.807) is 0 Å². The van der Waals surface area contributed by atoms with Gasteiger partial charge in [-0.25, -0.2) is 10.8 Å². The number of hydrogen-bond acceptors (Lipinski definition) is 3. The van der Waals surface area contributed by atoms with Crippen LogP contribution < -0.4 is 11.3 Å². The van der Waals surface area contributed by atoms with Gasteiger partial charge in [-0.3, -0.25) is 0 Å². The molecule has 3 N–H and O–H groups in total. The molecule has 1 rings (SSSR count). The summed E-state index contributed by atoms with van der Waals surface area (Å²) in [5.41, 5.74) is 0.708. The van der Waals surface area contributed by atoms with Crippen LogP contribution in [0.4, 0.5) is 19.0 Å². The molecule has 0 radical (unpaired) electrons. The number of anilines is 1. The predicted octanol–water partition coefficient (Wildman–Crippen LogP) is 2.69. The first-order valence-corrected chi connectivity index (χ1v) is 4.01. The second-order valence-corrected chi connectivity index (χ2v) is 3.11. The van der Waals surface area contributed by atoms with E-state index in [0.717, 1.165) is 6.07 Å². The molecule has 0 bridgehead atoms. The molecule has 0 aromatic carbocycles. The molecule has 3 nitrogen and oxygen atoms in total. The molecule has 0 saturated heterocycles. The molecule has 0 spiro atoms. The van der Waals surface area contributed by atoms with Crippen molar-refractivity contribution in [2.24, 2.45) is 5.84 Å². The van der Waals surface area contributed by atoms with Crippen molar-refractivity contribution >= 4 is 29.0 Å². The summed E-state index contributed by atoms with van der Waals surface area (Å²) in [6.07, 6.45) is -4.63. The first-order valence-electron chi connectivity index (χ1n) is 3.26. The zero-order chi connectivity index (χ0) is 10.9. The molecular weight excluding hydrogens is 242 g/mol. The Balaban J connectivity index is 3.32. The molecule has 0 fully saturated rings. The van der Waals surface area contributed by atoms with Crippen molar-refractivity contribution in [3.8, 4) is 0 Å². The summed E-state index contributed by atoms with van der Waals surface area (Å²) < 4.78 is 36.7. The lowest BCUT2D eigenvalue weighted by molar-refractivity contribution is -0.140. The molecular formula is C6H4Cl2F3N3. The highest BCUT2D eigenvalue weighted by molar-refractivity contribution is 6.36. The van der Waals surface area contributed by atoms with Gasteiger partial charge in [-0.1, -0.05) is 23.2 Å². The Hall–Kier alpha value is -0.720. The second-order valence-electron chi connectivity index (χ2n) is 2.29. The number of hydrogen-bond donors (Lipinski definition) is 2. The summed E-state index contributed by atoms with van der Waals surface area (Å²) in [4.78, 5) is 3.14. The van der Waals surface area contributed by atoms with Gasteiger partial charge in [-0.2, -0.15) is 13.2 Å². The van der Waals surface area contributed by atoms with Crippen molar-refractivity contribution in [2.75, 3.05) is 5.43 Å². The van der Waals surface area contributed by atoms with Gasteiger partial charge < -0.3 is 5.43 Å². The fourth-order valence-electron chi connectivity index (χ4n) is 0.767. The molecule has 0 saturated carbocycles. The fourth-order valence-corrected chi connectivity index (χ4v) is 1.29. The van der Waals surface area contributed by atoms with Gasteiger partial charge in [0.25, 0.3) is 0 Å². The molecule has 8 heteroatoms. The van der Waals surface area contributed by atoms with Crippen LogP contribution in [0, 0.1) is 0 Å². The van der Waals surface area contributed by atoms with Crippen LogP contribution in [0.1, 0.15) is 5.69 Å². The maximum Gasteiger partial charge on any atom is 0.434 e. The zero-order valence-electron chi connectivity index (χ0n) is 6.49. The summed E-state index contributed by atoms with van der Waals surface area (Å²) in [5, 5.41) is -0.646. The Morgan fingerprint density at radius 1 is 1.29 bits per heavy atom. The van der Waals surface area contributed by atoms with Crippen molar-refractivity contribution in [3.05, 3.63) is 21.8 Å². The molecule has 0 unspecified atom stereocenters. The summed E-state index contributed by atoms with van der Waals surface area (Å²) in [7, 11) is 0. The maximum absolute atomic E-state index is 12.2. The number of hydrazine groups is 1. The summed E-state index contributed by atoms with van der Waals surface area (Å²) in [5.74, 6) is 4.63. The van der Waals surface area contributed by atoms with Crippen molar-refractivity contribution in [3.63, 3.8) is 0 Å². The van der Waals surface area contributed by atoms with E-state index in [2.05, 4.69) is 4.98 Å². The first-order chi connectivity index (χ1) is 6.36. The number of nitrogen functional groups attached to an aromatic ring is 1. The number of nitrogens with one attached hydrogen (secondary N) is 1. The number of rotatable bonds is 1. The highest BCUT2D eigenvalue weighted by Gasteiger charge is 2.36. The van der Waals surface area contributed by atoms with E-state index in [4.69, 9.17) is 29.0 Å². The molecule has 0 aliphatic heterocycles. The predicted molar refractivity (Wildman–Crippen MR) is 47.1 cm³/mol. The lowest BCUT2D eigenvalue weighted by atomic mass is 10.3. The quantitative estimate of drug-likeness (QED) is 0.591. The maximum atomic E-state index is 12.2. The number of pyridine rings is 1. The van der Waals surface area contributed by atoms with E-state index >= 15 is 0 Å². The lowest BCUT2D eigenvalue weighted by Gasteiger charge is -2.10. The van der Waals surface area contributed by atoms with Gasteiger partial charge in [-0.05, 0) is 6.07 Å². The molecule has 0 aliphatic carbocycles. The van der Waals surface area contributed by atoms with Crippen LogP contribution in [0.25, 0.3) is 0 Å². The van der Waals surface area contributed by atoms with Crippen molar-refractivity contribution < 1.29 is 13.2 Å². The number of alkyl halides is 3. The third kappa shape index (κ3) is 2.20.